The number of fused-ring (bicyclic) bond motifs is 1. The topological polar surface area (TPSA) is 172 Å². The van der Waals surface area contributed by atoms with Crippen molar-refractivity contribution in [3.8, 4) is 0 Å². The first-order chi connectivity index (χ1) is 16.3. The van der Waals surface area contributed by atoms with E-state index in [1.165, 1.54) is 14.2 Å². The minimum atomic E-state index is -0.961. The SMILES string of the molecule is COC(=O)CC[C@@H](NC(=O)c1ccc(CNc2ccc3nc(N)nc(N)c3c2)cc1)C(=O)OC. The molecule has 0 saturated carbocycles. The molecule has 0 unspecified atom stereocenters. The lowest BCUT2D eigenvalue weighted by Gasteiger charge is -2.16. The number of nitrogen functional groups attached to an aromatic ring is 2. The maximum Gasteiger partial charge on any atom is 0.328 e. The number of methoxy groups -OCH3 is 2. The lowest BCUT2D eigenvalue weighted by molar-refractivity contribution is -0.144. The Morgan fingerprint density at radius 1 is 1.00 bits per heavy atom. The van der Waals surface area contributed by atoms with E-state index in [1.54, 1.807) is 30.3 Å². The van der Waals surface area contributed by atoms with Crippen LogP contribution >= 0.6 is 0 Å². The maximum atomic E-state index is 12.6. The first-order valence-electron chi connectivity index (χ1n) is 10.4. The molecule has 0 saturated heterocycles. The Bertz CT molecular complexity index is 1200. The summed E-state index contributed by atoms with van der Waals surface area (Å²) in [6.45, 7) is 0.493. The molecule has 11 nitrogen and oxygen atoms in total. The number of anilines is 3. The highest BCUT2D eigenvalue weighted by Gasteiger charge is 2.23. The molecular formula is C23H26N6O5. The number of nitrogens with one attached hydrogen (secondary N) is 2. The number of carbonyl (C=O) groups excluding carboxylic acids is 3. The predicted molar refractivity (Wildman–Crippen MR) is 127 cm³/mol. The molecule has 3 aromatic rings. The molecule has 3 rings (SSSR count). The van der Waals surface area contributed by atoms with Gasteiger partial charge in [-0.15, -0.1) is 0 Å². The van der Waals surface area contributed by atoms with Crippen molar-refractivity contribution in [1.29, 1.82) is 0 Å². The van der Waals surface area contributed by atoms with Crippen LogP contribution in [-0.4, -0.2) is 48.1 Å². The number of hydrogen-bond acceptors (Lipinski definition) is 10. The van der Waals surface area contributed by atoms with Crippen molar-refractivity contribution < 1.29 is 23.9 Å². The maximum absolute atomic E-state index is 12.6. The van der Waals surface area contributed by atoms with Gasteiger partial charge in [-0.3, -0.25) is 9.59 Å². The van der Waals surface area contributed by atoms with Gasteiger partial charge in [-0.05, 0) is 42.3 Å². The normalized spacial score (nSPS) is 11.5. The van der Waals surface area contributed by atoms with Gasteiger partial charge in [0.25, 0.3) is 5.91 Å². The van der Waals surface area contributed by atoms with E-state index < -0.39 is 23.9 Å². The fourth-order valence-corrected chi connectivity index (χ4v) is 3.26. The van der Waals surface area contributed by atoms with Gasteiger partial charge in [-0.2, -0.15) is 4.98 Å². The van der Waals surface area contributed by atoms with Crippen LogP contribution in [0.4, 0.5) is 17.5 Å². The van der Waals surface area contributed by atoms with Crippen molar-refractivity contribution in [2.24, 2.45) is 0 Å². The van der Waals surface area contributed by atoms with E-state index in [1.807, 2.05) is 12.1 Å². The zero-order valence-corrected chi connectivity index (χ0v) is 18.8. The van der Waals surface area contributed by atoms with Gasteiger partial charge in [0.05, 0.1) is 19.7 Å². The third-order valence-electron chi connectivity index (χ3n) is 5.11. The Morgan fingerprint density at radius 3 is 2.41 bits per heavy atom. The van der Waals surface area contributed by atoms with Crippen LogP contribution in [-0.2, 0) is 25.6 Å². The number of esters is 2. The van der Waals surface area contributed by atoms with Gasteiger partial charge in [-0.1, -0.05) is 12.1 Å². The van der Waals surface area contributed by atoms with Gasteiger partial charge in [0.15, 0.2) is 0 Å². The average molecular weight is 466 g/mol. The summed E-state index contributed by atoms with van der Waals surface area (Å²) < 4.78 is 9.29. The summed E-state index contributed by atoms with van der Waals surface area (Å²) in [5, 5.41) is 6.57. The number of ether oxygens (including phenoxy) is 2. The lowest BCUT2D eigenvalue weighted by atomic mass is 10.1. The highest BCUT2D eigenvalue weighted by Crippen LogP contribution is 2.23. The smallest absolute Gasteiger partial charge is 0.328 e. The third-order valence-corrected chi connectivity index (χ3v) is 5.11. The van der Waals surface area contributed by atoms with E-state index in [9.17, 15) is 14.4 Å². The third kappa shape index (κ3) is 6.09. The van der Waals surface area contributed by atoms with Crippen molar-refractivity contribution in [3.05, 3.63) is 53.6 Å². The van der Waals surface area contributed by atoms with Gasteiger partial charge >= 0.3 is 11.9 Å². The fraction of sp³-hybridized carbons (Fsp3) is 0.261. The van der Waals surface area contributed by atoms with Crippen molar-refractivity contribution in [1.82, 2.24) is 15.3 Å². The first kappa shape index (κ1) is 24.2. The monoisotopic (exact) mass is 466 g/mol. The van der Waals surface area contributed by atoms with E-state index >= 15 is 0 Å². The molecule has 0 aliphatic heterocycles. The summed E-state index contributed by atoms with van der Waals surface area (Å²) in [6.07, 6.45) is 0.0437. The number of rotatable bonds is 9. The van der Waals surface area contributed by atoms with Crippen LogP contribution in [0.2, 0.25) is 0 Å². The molecule has 0 radical (unpaired) electrons. The van der Waals surface area contributed by atoms with E-state index in [2.05, 4.69) is 25.3 Å². The largest absolute Gasteiger partial charge is 0.469 e. The van der Waals surface area contributed by atoms with Gasteiger partial charge < -0.3 is 31.6 Å². The van der Waals surface area contributed by atoms with Crippen LogP contribution in [0.3, 0.4) is 0 Å². The van der Waals surface area contributed by atoms with Crippen LogP contribution in [0.15, 0.2) is 42.5 Å². The molecule has 34 heavy (non-hydrogen) atoms. The van der Waals surface area contributed by atoms with Crippen LogP contribution in [0, 0.1) is 0 Å². The Balaban J connectivity index is 1.61. The number of aromatic nitrogens is 2. The number of amides is 1. The molecule has 11 heteroatoms. The minimum absolute atomic E-state index is 0.0267. The number of hydrogen-bond donors (Lipinski definition) is 4. The molecule has 178 valence electrons. The van der Waals surface area contributed by atoms with Crippen LogP contribution in [0.25, 0.3) is 10.9 Å². The molecule has 0 aliphatic rings. The summed E-state index contributed by atoms with van der Waals surface area (Å²) >= 11 is 0. The van der Waals surface area contributed by atoms with Crippen molar-refractivity contribution in [2.75, 3.05) is 31.0 Å². The number of carbonyl (C=O) groups is 3. The highest BCUT2D eigenvalue weighted by atomic mass is 16.5. The highest BCUT2D eigenvalue weighted by molar-refractivity contribution is 5.97. The molecule has 1 aromatic heterocycles. The predicted octanol–water partition coefficient (Wildman–Crippen LogP) is 1.63. The molecule has 0 bridgehead atoms. The Hall–Kier alpha value is -4.41. The zero-order valence-electron chi connectivity index (χ0n) is 18.8. The molecule has 1 amide bonds. The second-order valence-corrected chi connectivity index (χ2v) is 7.41. The van der Waals surface area contributed by atoms with E-state index in [-0.39, 0.29) is 18.8 Å². The molecule has 0 spiro atoms. The number of benzene rings is 2. The van der Waals surface area contributed by atoms with Crippen LogP contribution in [0.5, 0.6) is 0 Å². The molecule has 0 fully saturated rings. The first-order valence-corrected chi connectivity index (χ1v) is 10.4. The molecule has 1 heterocycles. The molecular weight excluding hydrogens is 440 g/mol. The number of nitrogens with zero attached hydrogens (tertiary/aromatic N) is 2. The second kappa shape index (κ2) is 10.9. The summed E-state index contributed by atoms with van der Waals surface area (Å²) in [5.74, 6) is -1.15. The summed E-state index contributed by atoms with van der Waals surface area (Å²) in [4.78, 5) is 44.0. The Kier molecular flexibility index (Phi) is 7.80. The summed E-state index contributed by atoms with van der Waals surface area (Å²) in [6, 6.07) is 11.4. The molecule has 2 aromatic carbocycles. The molecule has 1 atom stereocenters. The summed E-state index contributed by atoms with van der Waals surface area (Å²) in [7, 11) is 2.47. The van der Waals surface area contributed by atoms with Gasteiger partial charge in [0, 0.05) is 29.6 Å². The van der Waals surface area contributed by atoms with Crippen LogP contribution in [0.1, 0.15) is 28.8 Å². The van der Waals surface area contributed by atoms with E-state index in [0.29, 0.717) is 28.8 Å². The van der Waals surface area contributed by atoms with Gasteiger partial charge in [-0.25, -0.2) is 9.78 Å². The molecule has 0 aliphatic carbocycles. The number of nitrogens with two attached hydrogens (primary N) is 2. The minimum Gasteiger partial charge on any atom is -0.469 e. The molecule has 6 N–H and O–H groups in total. The van der Waals surface area contributed by atoms with Crippen molar-refractivity contribution in [2.45, 2.75) is 25.4 Å². The summed E-state index contributed by atoms with van der Waals surface area (Å²) in [5.41, 5.74) is 14.3. The fourth-order valence-electron chi connectivity index (χ4n) is 3.26. The van der Waals surface area contributed by atoms with Crippen molar-refractivity contribution in [3.63, 3.8) is 0 Å². The standard InChI is InChI=1S/C23H26N6O5/c1-33-19(30)10-9-18(22(32)34-2)27-21(31)14-5-3-13(4-6-14)12-26-15-7-8-17-16(11-15)20(24)29-23(25)28-17/h3-8,11,18,26H,9-10,12H2,1-2H3,(H,27,31)(H4,24,25,28,29)/t18-/m1/s1. The van der Waals surface area contributed by atoms with Gasteiger partial charge in [0.1, 0.15) is 11.9 Å². The van der Waals surface area contributed by atoms with Gasteiger partial charge in [0.2, 0.25) is 5.95 Å². The Morgan fingerprint density at radius 2 is 1.74 bits per heavy atom. The zero-order chi connectivity index (χ0) is 24.7. The van der Waals surface area contributed by atoms with Crippen LogP contribution < -0.4 is 22.1 Å². The van der Waals surface area contributed by atoms with E-state index in [0.717, 1.165) is 11.3 Å². The lowest BCUT2D eigenvalue weighted by Crippen LogP contribution is -2.41. The Labute approximate surface area is 195 Å². The average Bonchev–Trinajstić information content (AvgIpc) is 2.84. The van der Waals surface area contributed by atoms with Crippen molar-refractivity contribution >= 4 is 46.2 Å². The van der Waals surface area contributed by atoms with E-state index in [4.69, 9.17) is 16.2 Å². The quantitative estimate of drug-likeness (QED) is 0.340. The second-order valence-electron chi connectivity index (χ2n) is 7.41.